The van der Waals surface area contributed by atoms with Crippen LogP contribution in [0, 0.1) is 0 Å². The van der Waals surface area contributed by atoms with Crippen molar-refractivity contribution in [1.82, 2.24) is 4.90 Å². The third-order valence-electron chi connectivity index (χ3n) is 1.84. The van der Waals surface area contributed by atoms with E-state index in [1.165, 1.54) is 20.8 Å². The largest absolute Gasteiger partial charge is 0.444 e. The van der Waals surface area contributed by atoms with Gasteiger partial charge in [0, 0.05) is 17.2 Å². The van der Waals surface area contributed by atoms with Crippen LogP contribution in [0.4, 0.5) is 18.0 Å². The topological polar surface area (TPSA) is 63.7 Å². The Morgan fingerprint density at radius 3 is 2.10 bits per heavy atom. The van der Waals surface area contributed by atoms with Crippen LogP contribution in [-0.4, -0.2) is 50.0 Å². The highest BCUT2D eigenvalue weighted by Gasteiger charge is 2.34. The zero-order valence-electron chi connectivity index (χ0n) is 11.3. The number of halogens is 4. The lowest BCUT2D eigenvalue weighted by atomic mass is 10.2. The van der Waals surface area contributed by atoms with Crippen molar-refractivity contribution in [3.05, 3.63) is 0 Å². The lowest BCUT2D eigenvalue weighted by Gasteiger charge is -2.28. The van der Waals surface area contributed by atoms with Crippen LogP contribution in [0.1, 0.15) is 27.2 Å². The fourth-order valence-corrected chi connectivity index (χ4v) is 2.01. The van der Waals surface area contributed by atoms with Crippen LogP contribution >= 0.6 is 10.7 Å². The predicted molar refractivity (Wildman–Crippen MR) is 68.1 cm³/mol. The SMILES string of the molecule is CC(C)(C)OC(=O)N(CCCS(=O)(=O)Cl)CC(F)(F)F. The molecule has 0 radical (unpaired) electrons. The van der Waals surface area contributed by atoms with Gasteiger partial charge in [0.1, 0.15) is 12.1 Å². The Morgan fingerprint density at radius 1 is 1.25 bits per heavy atom. The third kappa shape index (κ3) is 11.2. The van der Waals surface area contributed by atoms with Crippen LogP contribution in [0.25, 0.3) is 0 Å². The summed E-state index contributed by atoms with van der Waals surface area (Å²) in [5, 5.41) is 0. The number of hydrogen-bond donors (Lipinski definition) is 0. The average Bonchev–Trinajstić information content (AvgIpc) is 2.09. The highest BCUT2D eigenvalue weighted by molar-refractivity contribution is 8.13. The molecule has 0 fully saturated rings. The van der Waals surface area contributed by atoms with Gasteiger partial charge in [0.15, 0.2) is 0 Å². The molecule has 10 heteroatoms. The molecule has 120 valence electrons. The van der Waals surface area contributed by atoms with Crippen molar-refractivity contribution in [1.29, 1.82) is 0 Å². The minimum Gasteiger partial charge on any atom is -0.444 e. The van der Waals surface area contributed by atoms with E-state index in [2.05, 4.69) is 0 Å². The molecule has 20 heavy (non-hydrogen) atoms. The van der Waals surface area contributed by atoms with Crippen molar-refractivity contribution in [2.75, 3.05) is 18.8 Å². The number of nitrogens with zero attached hydrogens (tertiary/aromatic N) is 1. The third-order valence-corrected chi connectivity index (χ3v) is 3.08. The Hall–Kier alpha value is -0.700. The van der Waals surface area contributed by atoms with Crippen LogP contribution in [0.3, 0.4) is 0 Å². The highest BCUT2D eigenvalue weighted by Crippen LogP contribution is 2.19. The van der Waals surface area contributed by atoms with Gasteiger partial charge >= 0.3 is 12.3 Å². The van der Waals surface area contributed by atoms with Crippen molar-refractivity contribution in [3.63, 3.8) is 0 Å². The molecule has 0 spiro atoms. The molecule has 0 bridgehead atoms. The van der Waals surface area contributed by atoms with E-state index < -0.39 is 45.8 Å². The molecule has 0 N–H and O–H groups in total. The normalized spacial score (nSPS) is 13.2. The van der Waals surface area contributed by atoms with Crippen molar-refractivity contribution in [2.45, 2.75) is 39.0 Å². The molecule has 0 aliphatic rings. The van der Waals surface area contributed by atoms with Gasteiger partial charge in [-0.15, -0.1) is 0 Å². The second-order valence-electron chi connectivity index (χ2n) is 5.11. The summed E-state index contributed by atoms with van der Waals surface area (Å²) in [4.78, 5) is 12.0. The van der Waals surface area contributed by atoms with E-state index in [1.807, 2.05) is 0 Å². The minimum atomic E-state index is -4.60. The van der Waals surface area contributed by atoms with Gasteiger partial charge in [-0.05, 0) is 27.2 Å². The van der Waals surface area contributed by atoms with E-state index in [0.717, 1.165) is 0 Å². The second kappa shape index (κ2) is 6.84. The molecule has 0 aromatic heterocycles. The summed E-state index contributed by atoms with van der Waals surface area (Å²) in [6.07, 6.45) is -5.96. The Balaban J connectivity index is 4.69. The first-order valence-corrected chi connectivity index (χ1v) is 8.14. The molecule has 0 aliphatic carbocycles. The summed E-state index contributed by atoms with van der Waals surface area (Å²) in [6.45, 7) is 2.62. The number of rotatable bonds is 5. The smallest absolute Gasteiger partial charge is 0.410 e. The Kier molecular flexibility index (Phi) is 6.60. The van der Waals surface area contributed by atoms with Crippen LogP contribution in [0.5, 0.6) is 0 Å². The molecular weight excluding hydrogens is 323 g/mol. The lowest BCUT2D eigenvalue weighted by Crippen LogP contribution is -2.42. The summed E-state index contributed by atoms with van der Waals surface area (Å²) in [6, 6.07) is 0. The molecule has 0 saturated heterocycles. The molecule has 0 rings (SSSR count). The van der Waals surface area contributed by atoms with E-state index in [9.17, 15) is 26.4 Å². The molecule has 1 amide bonds. The molecule has 0 unspecified atom stereocenters. The molecule has 0 aromatic rings. The number of amides is 1. The van der Waals surface area contributed by atoms with Gasteiger partial charge < -0.3 is 4.74 Å². The fourth-order valence-electron chi connectivity index (χ4n) is 1.21. The lowest BCUT2D eigenvalue weighted by molar-refractivity contribution is -0.144. The maximum Gasteiger partial charge on any atom is 0.410 e. The number of hydrogen-bond acceptors (Lipinski definition) is 4. The number of alkyl halides is 3. The zero-order valence-corrected chi connectivity index (χ0v) is 12.9. The molecule has 0 atom stereocenters. The van der Waals surface area contributed by atoms with Gasteiger partial charge in [0.2, 0.25) is 9.05 Å². The van der Waals surface area contributed by atoms with Gasteiger partial charge in [-0.25, -0.2) is 13.2 Å². The highest BCUT2D eigenvalue weighted by atomic mass is 35.7. The van der Waals surface area contributed by atoms with Crippen molar-refractivity contribution < 1.29 is 31.1 Å². The fraction of sp³-hybridized carbons (Fsp3) is 0.900. The maximum atomic E-state index is 12.4. The molecule has 0 saturated carbocycles. The van der Waals surface area contributed by atoms with Gasteiger partial charge in [-0.1, -0.05) is 0 Å². The Morgan fingerprint density at radius 2 is 1.75 bits per heavy atom. The van der Waals surface area contributed by atoms with E-state index >= 15 is 0 Å². The monoisotopic (exact) mass is 339 g/mol. The number of carbonyl (C=O) groups is 1. The zero-order chi connectivity index (χ0) is 16.2. The molecular formula is C10H17ClF3NO4S. The van der Waals surface area contributed by atoms with Gasteiger partial charge in [-0.3, -0.25) is 4.90 Å². The minimum absolute atomic E-state index is 0.207. The standard InChI is InChI=1S/C10H17ClF3NO4S/c1-9(2,3)19-8(16)15(7-10(12,13)14)5-4-6-20(11,17)18/h4-7H2,1-3H3. The molecule has 0 aromatic carbocycles. The van der Waals surface area contributed by atoms with Crippen molar-refractivity contribution in [2.24, 2.45) is 0 Å². The van der Waals surface area contributed by atoms with Crippen LogP contribution in [-0.2, 0) is 13.8 Å². The quantitative estimate of drug-likeness (QED) is 0.722. The number of ether oxygens (including phenoxy) is 1. The first-order valence-electron chi connectivity index (χ1n) is 5.67. The van der Waals surface area contributed by atoms with E-state index in [-0.39, 0.29) is 6.42 Å². The Labute approximate surface area is 120 Å². The van der Waals surface area contributed by atoms with Crippen LogP contribution in [0.2, 0.25) is 0 Å². The summed E-state index contributed by atoms with van der Waals surface area (Å²) in [7, 11) is 1.14. The summed E-state index contributed by atoms with van der Waals surface area (Å²) in [5.74, 6) is -0.522. The summed E-state index contributed by atoms with van der Waals surface area (Å²) >= 11 is 0. The van der Waals surface area contributed by atoms with Crippen molar-refractivity contribution in [3.8, 4) is 0 Å². The van der Waals surface area contributed by atoms with E-state index in [4.69, 9.17) is 15.4 Å². The first kappa shape index (κ1) is 19.3. The molecule has 5 nitrogen and oxygen atoms in total. The maximum absolute atomic E-state index is 12.4. The van der Waals surface area contributed by atoms with Crippen LogP contribution in [0.15, 0.2) is 0 Å². The van der Waals surface area contributed by atoms with Crippen LogP contribution < -0.4 is 0 Å². The van der Waals surface area contributed by atoms with Gasteiger partial charge in [0.25, 0.3) is 0 Å². The summed E-state index contributed by atoms with van der Waals surface area (Å²) < 4.78 is 63.3. The van der Waals surface area contributed by atoms with E-state index in [0.29, 0.717) is 4.90 Å². The second-order valence-corrected chi connectivity index (χ2v) is 8.01. The molecule has 0 heterocycles. The van der Waals surface area contributed by atoms with Crippen molar-refractivity contribution >= 4 is 25.8 Å². The molecule has 0 aliphatic heterocycles. The predicted octanol–water partition coefficient (Wildman–Crippen LogP) is 2.74. The summed E-state index contributed by atoms with van der Waals surface area (Å²) in [5.41, 5.74) is -0.945. The first-order chi connectivity index (χ1) is 8.70. The van der Waals surface area contributed by atoms with Gasteiger partial charge in [0.05, 0.1) is 5.75 Å². The van der Waals surface area contributed by atoms with E-state index in [1.54, 1.807) is 0 Å². The van der Waals surface area contributed by atoms with Gasteiger partial charge in [-0.2, -0.15) is 13.2 Å². The number of carbonyl (C=O) groups excluding carboxylic acids is 1. The Bertz CT molecular complexity index is 431. The average molecular weight is 340 g/mol.